The minimum atomic E-state index is -0.540. The third kappa shape index (κ3) is 2.82. The molecule has 0 aliphatic heterocycles. The maximum atomic E-state index is 13.0. The van der Waals surface area contributed by atoms with Gasteiger partial charge in [-0.15, -0.1) is 0 Å². The van der Waals surface area contributed by atoms with E-state index in [1.165, 1.54) is 18.2 Å². The van der Waals surface area contributed by atoms with Crippen LogP contribution in [0.25, 0.3) is 0 Å². The molecule has 1 rings (SSSR count). The highest BCUT2D eigenvalue weighted by Crippen LogP contribution is 2.11. The van der Waals surface area contributed by atoms with Crippen LogP contribution in [-0.2, 0) is 9.59 Å². The summed E-state index contributed by atoms with van der Waals surface area (Å²) < 4.78 is 13.0. The van der Waals surface area contributed by atoms with Gasteiger partial charge >= 0.3 is 0 Å². The zero-order valence-corrected chi connectivity index (χ0v) is 7.24. The Kier molecular flexibility index (Phi) is 3.55. The van der Waals surface area contributed by atoms with Crippen LogP contribution >= 0.6 is 0 Å². The second kappa shape index (κ2) is 4.91. The van der Waals surface area contributed by atoms with Crippen LogP contribution in [0.15, 0.2) is 36.4 Å². The number of halogens is 1. The molecule has 1 aromatic carbocycles. The molecule has 0 spiro atoms. The lowest BCUT2D eigenvalue weighted by Gasteiger charge is -2.01. The molecule has 0 bridgehead atoms. The number of hydrogen-bond acceptors (Lipinski definition) is 2. The predicted octanol–water partition coefficient (Wildman–Crippen LogP) is 1.52. The van der Waals surface area contributed by atoms with Crippen molar-refractivity contribution in [2.24, 2.45) is 0 Å². The van der Waals surface area contributed by atoms with Crippen molar-refractivity contribution in [1.29, 1.82) is 0 Å². The number of para-hydroxylation sites is 1. The molecule has 72 valence electrons. The lowest BCUT2D eigenvalue weighted by Crippen LogP contribution is -2.09. The summed E-state index contributed by atoms with van der Waals surface area (Å²) in [7, 11) is 0. The number of benzene rings is 1. The third-order valence-corrected chi connectivity index (χ3v) is 1.46. The highest BCUT2D eigenvalue weighted by Gasteiger charge is 2.01. The topological polar surface area (TPSA) is 46.2 Å². The van der Waals surface area contributed by atoms with E-state index in [-0.39, 0.29) is 5.69 Å². The van der Waals surface area contributed by atoms with Crippen LogP contribution in [-0.4, -0.2) is 12.2 Å². The molecule has 0 aliphatic carbocycles. The first kappa shape index (κ1) is 10.1. The van der Waals surface area contributed by atoms with E-state index in [0.29, 0.717) is 6.29 Å². The van der Waals surface area contributed by atoms with Gasteiger partial charge in [-0.3, -0.25) is 9.59 Å². The molecule has 0 fully saturated rings. The molecule has 0 saturated heterocycles. The van der Waals surface area contributed by atoms with Crippen LogP contribution in [0.5, 0.6) is 0 Å². The SMILES string of the molecule is O=CC=CC(=O)Nc1ccccc1F. The summed E-state index contributed by atoms with van der Waals surface area (Å²) in [5.74, 6) is -1.05. The van der Waals surface area contributed by atoms with Crippen LogP contribution in [0.2, 0.25) is 0 Å². The summed E-state index contributed by atoms with van der Waals surface area (Å²) in [5.41, 5.74) is 0.0908. The Balaban J connectivity index is 2.69. The summed E-state index contributed by atoms with van der Waals surface area (Å²) in [6, 6.07) is 5.79. The van der Waals surface area contributed by atoms with E-state index in [1.807, 2.05) is 0 Å². The number of carbonyl (C=O) groups excluding carboxylic acids is 2. The van der Waals surface area contributed by atoms with E-state index in [9.17, 15) is 14.0 Å². The number of anilines is 1. The van der Waals surface area contributed by atoms with Crippen LogP contribution in [0.4, 0.5) is 10.1 Å². The first-order valence-corrected chi connectivity index (χ1v) is 3.91. The highest BCUT2D eigenvalue weighted by atomic mass is 19.1. The number of allylic oxidation sites excluding steroid dienone is 1. The average molecular weight is 193 g/mol. The van der Waals surface area contributed by atoms with Gasteiger partial charge in [-0.05, 0) is 18.2 Å². The number of nitrogens with one attached hydrogen (secondary N) is 1. The highest BCUT2D eigenvalue weighted by molar-refractivity contribution is 6.01. The van der Waals surface area contributed by atoms with Gasteiger partial charge in [0.1, 0.15) is 12.1 Å². The molecule has 4 heteroatoms. The van der Waals surface area contributed by atoms with Gasteiger partial charge in [0.05, 0.1) is 5.69 Å². The van der Waals surface area contributed by atoms with Gasteiger partial charge in [-0.25, -0.2) is 4.39 Å². The smallest absolute Gasteiger partial charge is 0.248 e. The Hall–Kier alpha value is -1.97. The molecular weight excluding hydrogens is 185 g/mol. The number of aldehydes is 1. The van der Waals surface area contributed by atoms with Crippen LogP contribution in [0.3, 0.4) is 0 Å². The molecule has 1 amide bonds. The van der Waals surface area contributed by atoms with E-state index in [1.54, 1.807) is 6.07 Å². The van der Waals surface area contributed by atoms with Gasteiger partial charge in [0, 0.05) is 6.08 Å². The average Bonchev–Trinajstić information content (AvgIpc) is 2.18. The maximum Gasteiger partial charge on any atom is 0.248 e. The van der Waals surface area contributed by atoms with Gasteiger partial charge < -0.3 is 5.32 Å². The lowest BCUT2D eigenvalue weighted by molar-refractivity contribution is -0.112. The first-order valence-electron chi connectivity index (χ1n) is 3.91. The zero-order valence-electron chi connectivity index (χ0n) is 7.24. The fraction of sp³-hybridized carbons (Fsp3) is 0. The Labute approximate surface area is 80.2 Å². The first-order chi connectivity index (χ1) is 6.74. The molecule has 3 nitrogen and oxygen atoms in total. The molecule has 0 saturated carbocycles. The summed E-state index contributed by atoms with van der Waals surface area (Å²) in [5, 5.41) is 2.29. The molecule has 0 radical (unpaired) electrons. The van der Waals surface area contributed by atoms with Gasteiger partial charge in [0.2, 0.25) is 5.91 Å². The number of hydrogen-bond donors (Lipinski definition) is 1. The van der Waals surface area contributed by atoms with Crippen molar-refractivity contribution in [1.82, 2.24) is 0 Å². The van der Waals surface area contributed by atoms with Gasteiger partial charge in [-0.1, -0.05) is 12.1 Å². The maximum absolute atomic E-state index is 13.0. The fourth-order valence-corrected chi connectivity index (χ4v) is 0.864. The van der Waals surface area contributed by atoms with Crippen molar-refractivity contribution in [3.05, 3.63) is 42.2 Å². The van der Waals surface area contributed by atoms with E-state index in [4.69, 9.17) is 0 Å². The van der Waals surface area contributed by atoms with Crippen LogP contribution < -0.4 is 5.32 Å². The molecular formula is C10H8FNO2. The second-order valence-electron chi connectivity index (χ2n) is 2.46. The van der Waals surface area contributed by atoms with E-state index in [0.717, 1.165) is 12.2 Å². The van der Waals surface area contributed by atoms with Gasteiger partial charge in [0.25, 0.3) is 0 Å². The molecule has 0 aliphatic rings. The zero-order chi connectivity index (χ0) is 10.4. The van der Waals surface area contributed by atoms with Crippen molar-refractivity contribution >= 4 is 17.9 Å². The molecule has 1 aromatic rings. The van der Waals surface area contributed by atoms with Gasteiger partial charge in [-0.2, -0.15) is 0 Å². The van der Waals surface area contributed by atoms with E-state index in [2.05, 4.69) is 5.32 Å². The van der Waals surface area contributed by atoms with E-state index < -0.39 is 11.7 Å². The molecule has 0 aromatic heterocycles. The number of carbonyl (C=O) groups is 2. The summed E-state index contributed by atoms with van der Waals surface area (Å²) in [4.78, 5) is 20.9. The van der Waals surface area contributed by atoms with Crippen LogP contribution in [0, 0.1) is 5.82 Å². The quantitative estimate of drug-likeness (QED) is 0.584. The Morgan fingerprint density at radius 1 is 1.36 bits per heavy atom. The minimum Gasteiger partial charge on any atom is -0.320 e. The summed E-state index contributed by atoms with van der Waals surface area (Å²) in [6.45, 7) is 0. The Morgan fingerprint density at radius 3 is 2.71 bits per heavy atom. The van der Waals surface area contributed by atoms with Crippen LogP contribution in [0.1, 0.15) is 0 Å². The Morgan fingerprint density at radius 2 is 2.07 bits per heavy atom. The lowest BCUT2D eigenvalue weighted by atomic mass is 10.3. The summed E-state index contributed by atoms with van der Waals surface area (Å²) in [6.07, 6.45) is 2.54. The molecule has 0 heterocycles. The van der Waals surface area contributed by atoms with E-state index >= 15 is 0 Å². The van der Waals surface area contributed by atoms with Crippen molar-refractivity contribution in [3.8, 4) is 0 Å². The summed E-state index contributed by atoms with van der Waals surface area (Å²) >= 11 is 0. The largest absolute Gasteiger partial charge is 0.320 e. The van der Waals surface area contributed by atoms with Crippen molar-refractivity contribution in [2.45, 2.75) is 0 Å². The normalized spacial score (nSPS) is 10.1. The van der Waals surface area contributed by atoms with Crippen molar-refractivity contribution < 1.29 is 14.0 Å². The van der Waals surface area contributed by atoms with Crippen molar-refractivity contribution in [3.63, 3.8) is 0 Å². The third-order valence-electron chi connectivity index (χ3n) is 1.46. The number of rotatable bonds is 3. The van der Waals surface area contributed by atoms with Crippen molar-refractivity contribution in [2.75, 3.05) is 5.32 Å². The molecule has 14 heavy (non-hydrogen) atoms. The molecule has 0 atom stereocenters. The molecule has 0 unspecified atom stereocenters. The minimum absolute atomic E-state index is 0.0908. The Bertz CT molecular complexity index is 374. The molecule has 1 N–H and O–H groups in total. The second-order valence-corrected chi connectivity index (χ2v) is 2.46. The standard InChI is InChI=1S/C10H8FNO2/c11-8-4-1-2-5-9(8)12-10(14)6-3-7-13/h1-7H,(H,12,14). The fourth-order valence-electron chi connectivity index (χ4n) is 0.864. The predicted molar refractivity (Wildman–Crippen MR) is 50.2 cm³/mol. The van der Waals surface area contributed by atoms with Gasteiger partial charge in [0.15, 0.2) is 0 Å². The monoisotopic (exact) mass is 193 g/mol. The number of amides is 1.